The Balaban J connectivity index is 2.26. The number of halogens is 2. The highest BCUT2D eigenvalue weighted by Gasteiger charge is 2.19. The van der Waals surface area contributed by atoms with E-state index in [9.17, 15) is 9.59 Å². The van der Waals surface area contributed by atoms with Crippen molar-refractivity contribution >= 4 is 40.1 Å². The Morgan fingerprint density at radius 3 is 2.42 bits per heavy atom. The molecule has 1 N–H and O–H groups in total. The molecule has 2 aromatic carbocycles. The molecule has 0 fully saturated rings. The summed E-state index contributed by atoms with van der Waals surface area (Å²) in [4.78, 5) is 23.5. The second-order valence-electron chi connectivity index (χ2n) is 4.92. The lowest BCUT2D eigenvalue weighted by molar-refractivity contribution is -0.139. The molecule has 0 aliphatic carbocycles. The van der Waals surface area contributed by atoms with Crippen LogP contribution in [0, 0.1) is 0 Å². The van der Waals surface area contributed by atoms with Gasteiger partial charge in [-0.25, -0.2) is 4.79 Å². The SMILES string of the molecule is O=C(O)COc1c(-c2ccc(Cl)cc2)oc2ccc(Cl)cc2c1=O. The fourth-order valence-electron chi connectivity index (χ4n) is 2.21. The van der Waals surface area contributed by atoms with Gasteiger partial charge in [0.1, 0.15) is 5.58 Å². The van der Waals surface area contributed by atoms with Crippen LogP contribution in [0.15, 0.2) is 51.7 Å². The van der Waals surface area contributed by atoms with Gasteiger partial charge in [-0.2, -0.15) is 0 Å². The lowest BCUT2D eigenvalue weighted by atomic mass is 10.1. The first-order chi connectivity index (χ1) is 11.5. The van der Waals surface area contributed by atoms with Crippen molar-refractivity contribution < 1.29 is 19.1 Å². The minimum absolute atomic E-state index is 0.132. The lowest BCUT2D eigenvalue weighted by Gasteiger charge is -2.10. The van der Waals surface area contributed by atoms with Crippen molar-refractivity contribution in [1.82, 2.24) is 0 Å². The Hall–Kier alpha value is -2.50. The number of benzene rings is 2. The zero-order chi connectivity index (χ0) is 17.3. The van der Waals surface area contributed by atoms with E-state index in [0.29, 0.717) is 21.2 Å². The number of hydrogen-bond acceptors (Lipinski definition) is 4. The van der Waals surface area contributed by atoms with Crippen molar-refractivity contribution in [2.24, 2.45) is 0 Å². The lowest BCUT2D eigenvalue weighted by Crippen LogP contribution is -2.16. The zero-order valence-electron chi connectivity index (χ0n) is 12.1. The molecule has 0 saturated heterocycles. The molecule has 7 heteroatoms. The highest BCUT2D eigenvalue weighted by molar-refractivity contribution is 6.31. The van der Waals surface area contributed by atoms with Crippen LogP contribution in [0.2, 0.25) is 10.0 Å². The normalized spacial score (nSPS) is 10.8. The molecule has 0 spiro atoms. The molecule has 3 aromatic rings. The van der Waals surface area contributed by atoms with Gasteiger partial charge in [-0.1, -0.05) is 23.2 Å². The highest BCUT2D eigenvalue weighted by Crippen LogP contribution is 2.32. The number of carboxylic acid groups (broad SMARTS) is 1. The number of ether oxygens (including phenoxy) is 1. The molecule has 0 aliphatic heterocycles. The Morgan fingerprint density at radius 2 is 1.75 bits per heavy atom. The van der Waals surface area contributed by atoms with E-state index in [-0.39, 0.29) is 16.9 Å². The first kappa shape index (κ1) is 16.4. The van der Waals surface area contributed by atoms with Crippen LogP contribution in [0.1, 0.15) is 0 Å². The number of rotatable bonds is 4. The van der Waals surface area contributed by atoms with Gasteiger partial charge in [-0.15, -0.1) is 0 Å². The molecule has 5 nitrogen and oxygen atoms in total. The maximum absolute atomic E-state index is 12.7. The van der Waals surface area contributed by atoms with Gasteiger partial charge < -0.3 is 14.3 Å². The minimum Gasteiger partial charge on any atom is -0.479 e. The maximum atomic E-state index is 12.7. The van der Waals surface area contributed by atoms with Gasteiger partial charge in [-0.3, -0.25) is 4.79 Å². The van der Waals surface area contributed by atoms with Crippen LogP contribution in [0.5, 0.6) is 5.75 Å². The Morgan fingerprint density at radius 1 is 1.08 bits per heavy atom. The van der Waals surface area contributed by atoms with Gasteiger partial charge in [0, 0.05) is 15.6 Å². The van der Waals surface area contributed by atoms with E-state index in [1.807, 2.05) is 0 Å². The fraction of sp³-hybridized carbons (Fsp3) is 0.0588. The van der Waals surface area contributed by atoms with Gasteiger partial charge >= 0.3 is 5.97 Å². The van der Waals surface area contributed by atoms with Crippen LogP contribution in [0.25, 0.3) is 22.3 Å². The molecule has 3 rings (SSSR count). The van der Waals surface area contributed by atoms with Crippen molar-refractivity contribution in [3.05, 3.63) is 62.7 Å². The van der Waals surface area contributed by atoms with Crippen LogP contribution < -0.4 is 10.2 Å². The van der Waals surface area contributed by atoms with Crippen LogP contribution in [-0.2, 0) is 4.79 Å². The van der Waals surface area contributed by atoms with Gasteiger partial charge in [0.25, 0.3) is 0 Å². The summed E-state index contributed by atoms with van der Waals surface area (Å²) in [5, 5.41) is 9.91. The summed E-state index contributed by atoms with van der Waals surface area (Å²) in [5.41, 5.74) is 0.357. The summed E-state index contributed by atoms with van der Waals surface area (Å²) >= 11 is 11.8. The summed E-state index contributed by atoms with van der Waals surface area (Å²) in [6.45, 7) is -0.669. The molecule has 0 atom stereocenters. The summed E-state index contributed by atoms with van der Waals surface area (Å²) < 4.78 is 10.9. The molecule has 122 valence electrons. The van der Waals surface area contributed by atoms with E-state index < -0.39 is 18.0 Å². The van der Waals surface area contributed by atoms with Crippen LogP contribution in [-0.4, -0.2) is 17.7 Å². The maximum Gasteiger partial charge on any atom is 0.341 e. The van der Waals surface area contributed by atoms with E-state index in [2.05, 4.69) is 0 Å². The molecule has 0 bridgehead atoms. The predicted octanol–water partition coefficient (Wildman–Crippen LogP) is 4.23. The van der Waals surface area contributed by atoms with Crippen molar-refractivity contribution in [2.75, 3.05) is 6.61 Å². The molecule has 0 amide bonds. The average Bonchev–Trinajstić information content (AvgIpc) is 2.55. The predicted molar refractivity (Wildman–Crippen MR) is 91.1 cm³/mol. The molecule has 0 radical (unpaired) electrons. The van der Waals surface area contributed by atoms with Gasteiger partial charge in [-0.05, 0) is 42.5 Å². The second kappa shape index (κ2) is 6.55. The van der Waals surface area contributed by atoms with Gasteiger partial charge in [0.2, 0.25) is 11.2 Å². The molecular weight excluding hydrogens is 355 g/mol. The van der Waals surface area contributed by atoms with Gasteiger partial charge in [0.15, 0.2) is 12.4 Å². The largest absolute Gasteiger partial charge is 0.479 e. The molecule has 0 saturated carbocycles. The summed E-state index contributed by atoms with van der Waals surface area (Å²) in [7, 11) is 0. The smallest absolute Gasteiger partial charge is 0.341 e. The van der Waals surface area contributed by atoms with Crippen LogP contribution in [0.4, 0.5) is 0 Å². The number of hydrogen-bond donors (Lipinski definition) is 1. The Kier molecular flexibility index (Phi) is 4.46. The third kappa shape index (κ3) is 3.22. The molecule has 1 heterocycles. The van der Waals surface area contributed by atoms with E-state index in [1.54, 1.807) is 36.4 Å². The van der Waals surface area contributed by atoms with E-state index in [1.165, 1.54) is 6.07 Å². The van der Waals surface area contributed by atoms with Crippen molar-refractivity contribution in [3.8, 4) is 17.1 Å². The van der Waals surface area contributed by atoms with Crippen LogP contribution >= 0.6 is 23.2 Å². The van der Waals surface area contributed by atoms with E-state index >= 15 is 0 Å². The standard InChI is InChI=1S/C17H10Cl2O5/c18-10-3-1-9(2-4-10)16-17(23-8-14(20)21)15(22)12-7-11(19)5-6-13(12)24-16/h1-7H,8H2,(H,20,21). The topological polar surface area (TPSA) is 76.7 Å². The molecular formula is C17H10Cl2O5. The third-order valence-electron chi connectivity index (χ3n) is 3.26. The van der Waals surface area contributed by atoms with Crippen LogP contribution in [0.3, 0.4) is 0 Å². The summed E-state index contributed by atoms with van der Waals surface area (Å²) in [6.07, 6.45) is 0. The third-order valence-corrected chi connectivity index (χ3v) is 3.74. The molecule has 1 aromatic heterocycles. The monoisotopic (exact) mass is 364 g/mol. The minimum atomic E-state index is -1.21. The average molecular weight is 365 g/mol. The number of aliphatic carboxylic acids is 1. The molecule has 0 aliphatic rings. The van der Waals surface area contributed by atoms with Gasteiger partial charge in [0.05, 0.1) is 5.39 Å². The second-order valence-corrected chi connectivity index (χ2v) is 5.79. The summed E-state index contributed by atoms with van der Waals surface area (Å²) in [5.74, 6) is -1.26. The first-order valence-electron chi connectivity index (χ1n) is 6.82. The van der Waals surface area contributed by atoms with Crippen molar-refractivity contribution in [2.45, 2.75) is 0 Å². The Bertz CT molecular complexity index is 977. The molecule has 0 unspecified atom stereocenters. The zero-order valence-corrected chi connectivity index (χ0v) is 13.6. The first-order valence-corrected chi connectivity index (χ1v) is 7.58. The van der Waals surface area contributed by atoms with Crippen molar-refractivity contribution in [1.29, 1.82) is 0 Å². The Labute approximate surface area is 146 Å². The summed E-state index contributed by atoms with van der Waals surface area (Å²) in [6, 6.07) is 11.2. The highest BCUT2D eigenvalue weighted by atomic mass is 35.5. The fourth-order valence-corrected chi connectivity index (χ4v) is 2.50. The quantitative estimate of drug-likeness (QED) is 0.749. The van der Waals surface area contributed by atoms with E-state index in [0.717, 1.165) is 0 Å². The van der Waals surface area contributed by atoms with Crippen molar-refractivity contribution in [3.63, 3.8) is 0 Å². The number of carbonyl (C=O) groups is 1. The van der Waals surface area contributed by atoms with E-state index in [4.69, 9.17) is 37.5 Å². The number of carboxylic acids is 1. The number of fused-ring (bicyclic) bond motifs is 1. The molecule has 24 heavy (non-hydrogen) atoms.